The second kappa shape index (κ2) is 3.62. The molecule has 0 aliphatic carbocycles. The minimum Gasteiger partial charge on any atom is -0.308 e. The predicted octanol–water partition coefficient (Wildman–Crippen LogP) is 1.19. The number of hydrogen-bond acceptors (Lipinski definition) is 3. The summed E-state index contributed by atoms with van der Waals surface area (Å²) in [5.74, 6) is 3.67. The van der Waals surface area contributed by atoms with Crippen molar-refractivity contribution in [3.05, 3.63) is 17.8 Å². The van der Waals surface area contributed by atoms with Crippen molar-refractivity contribution < 1.29 is 8.78 Å². The molecule has 0 spiro atoms. The first kappa shape index (κ1) is 11.1. The summed E-state index contributed by atoms with van der Waals surface area (Å²) >= 11 is 0. The molecule has 1 heterocycles. The third kappa shape index (κ3) is 2.07. The van der Waals surface area contributed by atoms with Gasteiger partial charge in [0.1, 0.15) is 11.6 Å². The van der Waals surface area contributed by atoms with Crippen molar-refractivity contribution in [1.29, 1.82) is 0 Å². The van der Waals surface area contributed by atoms with Gasteiger partial charge >= 0.3 is 0 Å². The highest BCUT2D eigenvalue weighted by molar-refractivity contribution is 6.88. The number of aromatic nitrogens is 1. The molecule has 0 bridgehead atoms. The molecule has 1 aromatic rings. The lowest BCUT2D eigenvalue weighted by molar-refractivity contribution is 0.566. The summed E-state index contributed by atoms with van der Waals surface area (Å²) < 4.78 is 26.8. The van der Waals surface area contributed by atoms with E-state index < -0.39 is 19.8 Å². The van der Waals surface area contributed by atoms with Crippen LogP contribution in [-0.2, 0) is 0 Å². The van der Waals surface area contributed by atoms with Gasteiger partial charge in [-0.25, -0.2) is 15.2 Å². The number of nitrogens with two attached hydrogens (primary N) is 1. The maximum atomic E-state index is 13.5. The summed E-state index contributed by atoms with van der Waals surface area (Å²) in [5.41, 5.74) is 2.11. The zero-order chi connectivity index (χ0) is 10.9. The molecule has 0 aromatic carbocycles. The molecule has 0 aliphatic rings. The topological polar surface area (TPSA) is 50.9 Å². The summed E-state index contributed by atoms with van der Waals surface area (Å²) in [6.45, 7) is 5.56. The van der Waals surface area contributed by atoms with Gasteiger partial charge in [0.15, 0.2) is 0 Å². The Morgan fingerprint density at radius 3 is 2.29 bits per heavy atom. The van der Waals surface area contributed by atoms with E-state index in [4.69, 9.17) is 5.84 Å². The molecule has 0 amide bonds. The largest absolute Gasteiger partial charge is 0.308 e. The lowest BCUT2D eigenvalue weighted by Crippen LogP contribution is -2.43. The normalized spacial score (nSPS) is 11.6. The van der Waals surface area contributed by atoms with E-state index in [1.54, 1.807) is 0 Å². The predicted molar refractivity (Wildman–Crippen MR) is 54.9 cm³/mol. The Balaban J connectivity index is 3.33. The van der Waals surface area contributed by atoms with Gasteiger partial charge in [-0.2, -0.15) is 4.39 Å². The summed E-state index contributed by atoms with van der Waals surface area (Å²) in [4.78, 5) is 3.51. The smallest absolute Gasteiger partial charge is 0.216 e. The number of hydrogen-bond donors (Lipinski definition) is 2. The molecule has 0 fully saturated rings. The van der Waals surface area contributed by atoms with E-state index in [0.717, 1.165) is 6.07 Å². The van der Waals surface area contributed by atoms with E-state index in [0.29, 0.717) is 0 Å². The van der Waals surface area contributed by atoms with Gasteiger partial charge in [0.25, 0.3) is 0 Å². The van der Waals surface area contributed by atoms with E-state index in [-0.39, 0.29) is 11.0 Å². The lowest BCUT2D eigenvalue weighted by Gasteiger charge is -2.18. The molecule has 3 nitrogen and oxygen atoms in total. The first-order valence-electron chi connectivity index (χ1n) is 4.19. The van der Waals surface area contributed by atoms with Gasteiger partial charge in [0.2, 0.25) is 5.95 Å². The van der Waals surface area contributed by atoms with Gasteiger partial charge in [-0.15, -0.1) is 0 Å². The summed E-state index contributed by atoms with van der Waals surface area (Å²) in [6, 6.07) is 1.11. The Hall–Kier alpha value is -1.01. The second-order valence-electron chi connectivity index (χ2n) is 4.05. The first-order chi connectivity index (χ1) is 6.36. The van der Waals surface area contributed by atoms with Crippen LogP contribution in [0.25, 0.3) is 0 Å². The van der Waals surface area contributed by atoms with Crippen LogP contribution in [0.5, 0.6) is 0 Å². The number of anilines is 1. The van der Waals surface area contributed by atoms with Crippen molar-refractivity contribution in [2.75, 3.05) is 5.43 Å². The number of nitrogen functional groups attached to an aromatic ring is 1. The number of nitrogens with one attached hydrogen (secondary N) is 1. The molecule has 0 atom stereocenters. The van der Waals surface area contributed by atoms with Crippen LogP contribution in [0.1, 0.15) is 0 Å². The van der Waals surface area contributed by atoms with Gasteiger partial charge in [-0.05, 0) is 0 Å². The molecule has 0 unspecified atom stereocenters. The van der Waals surface area contributed by atoms with Crippen molar-refractivity contribution in [1.82, 2.24) is 4.98 Å². The highest BCUT2D eigenvalue weighted by atomic mass is 28.3. The quantitative estimate of drug-likeness (QED) is 0.338. The fourth-order valence-corrected chi connectivity index (χ4v) is 2.69. The van der Waals surface area contributed by atoms with Gasteiger partial charge in [0.05, 0.1) is 8.07 Å². The second-order valence-corrected chi connectivity index (χ2v) is 9.05. The standard InChI is InChI=1S/C8H13F2N3Si/c1-14(2,3)7-5(9)4-6(13-11)12-8(7)10/h4H,11H2,1-3H3,(H,12,13). The summed E-state index contributed by atoms with van der Waals surface area (Å²) in [6.07, 6.45) is 0. The number of halogens is 2. The van der Waals surface area contributed by atoms with Gasteiger partial charge in [-0.1, -0.05) is 19.6 Å². The minimum atomic E-state index is -2.04. The molecule has 3 N–H and O–H groups in total. The molecular weight excluding hydrogens is 204 g/mol. The highest BCUT2D eigenvalue weighted by Crippen LogP contribution is 2.11. The van der Waals surface area contributed by atoms with Gasteiger partial charge in [0, 0.05) is 11.3 Å². The third-order valence-electron chi connectivity index (χ3n) is 1.83. The van der Waals surface area contributed by atoms with Crippen LogP contribution in [0.4, 0.5) is 14.6 Å². The van der Waals surface area contributed by atoms with Gasteiger partial charge in [-0.3, -0.25) is 0 Å². The van der Waals surface area contributed by atoms with Crippen molar-refractivity contribution >= 4 is 19.1 Å². The molecule has 0 aliphatic heterocycles. The SMILES string of the molecule is C[Si](C)(C)c1c(F)cc(NN)nc1F. The number of hydrazine groups is 1. The van der Waals surface area contributed by atoms with Crippen LogP contribution in [-0.4, -0.2) is 13.1 Å². The zero-order valence-corrected chi connectivity index (χ0v) is 9.36. The number of pyridine rings is 1. The Kier molecular flexibility index (Phi) is 2.86. The van der Waals surface area contributed by atoms with E-state index in [9.17, 15) is 8.78 Å². The van der Waals surface area contributed by atoms with Crippen molar-refractivity contribution in [3.63, 3.8) is 0 Å². The average molecular weight is 217 g/mol. The summed E-state index contributed by atoms with van der Waals surface area (Å²) in [7, 11) is -2.04. The molecule has 0 radical (unpaired) electrons. The van der Waals surface area contributed by atoms with Crippen LogP contribution in [0, 0.1) is 11.8 Å². The summed E-state index contributed by atoms with van der Waals surface area (Å²) in [5, 5.41) is 0.108. The Morgan fingerprint density at radius 1 is 1.36 bits per heavy atom. The molecule has 14 heavy (non-hydrogen) atoms. The van der Waals surface area contributed by atoms with E-state index in [2.05, 4.69) is 10.4 Å². The third-order valence-corrected chi connectivity index (χ3v) is 3.77. The molecular formula is C8H13F2N3Si. The maximum absolute atomic E-state index is 13.5. The van der Waals surface area contributed by atoms with Crippen molar-refractivity contribution in [2.24, 2.45) is 5.84 Å². The van der Waals surface area contributed by atoms with Crippen molar-refractivity contribution in [2.45, 2.75) is 19.6 Å². The molecule has 0 saturated carbocycles. The highest BCUT2D eigenvalue weighted by Gasteiger charge is 2.26. The Morgan fingerprint density at radius 2 is 1.93 bits per heavy atom. The molecule has 1 aromatic heterocycles. The minimum absolute atomic E-state index is 0.00185. The van der Waals surface area contributed by atoms with Gasteiger partial charge < -0.3 is 5.43 Å². The Bertz CT molecular complexity index is 326. The van der Waals surface area contributed by atoms with Crippen LogP contribution in [0.2, 0.25) is 19.6 Å². The molecule has 1 rings (SSSR count). The fourth-order valence-electron chi connectivity index (χ4n) is 1.23. The zero-order valence-electron chi connectivity index (χ0n) is 8.36. The van der Waals surface area contributed by atoms with Crippen LogP contribution >= 0.6 is 0 Å². The fraction of sp³-hybridized carbons (Fsp3) is 0.375. The maximum Gasteiger partial charge on any atom is 0.216 e. The lowest BCUT2D eigenvalue weighted by atomic mass is 10.4. The van der Waals surface area contributed by atoms with Crippen LogP contribution in [0.3, 0.4) is 0 Å². The van der Waals surface area contributed by atoms with Crippen LogP contribution < -0.4 is 16.5 Å². The number of rotatable bonds is 2. The van der Waals surface area contributed by atoms with Crippen LogP contribution in [0.15, 0.2) is 6.07 Å². The van der Waals surface area contributed by atoms with E-state index in [1.807, 2.05) is 19.6 Å². The monoisotopic (exact) mass is 217 g/mol. The number of nitrogens with zero attached hydrogens (tertiary/aromatic N) is 1. The molecule has 6 heteroatoms. The first-order valence-corrected chi connectivity index (χ1v) is 7.69. The van der Waals surface area contributed by atoms with Crippen molar-refractivity contribution in [3.8, 4) is 0 Å². The Labute approximate surface area is 82.3 Å². The molecule has 78 valence electrons. The average Bonchev–Trinajstić information content (AvgIpc) is 1.99. The van der Waals surface area contributed by atoms with E-state index >= 15 is 0 Å². The van der Waals surface area contributed by atoms with E-state index in [1.165, 1.54) is 0 Å². The molecule has 0 saturated heterocycles.